The topological polar surface area (TPSA) is 60.2 Å². The molecular weight excluding hydrogens is 222 g/mol. The second-order valence-electron chi connectivity index (χ2n) is 4.78. The Morgan fingerprint density at radius 3 is 2.25 bits per heavy atom. The first-order valence-electron chi connectivity index (χ1n) is 5.47. The molecule has 2 rings (SSSR count). The van der Waals surface area contributed by atoms with Crippen LogP contribution in [0.2, 0.25) is 0 Å². The van der Waals surface area contributed by atoms with E-state index in [0.717, 1.165) is 31.2 Å². The molecule has 0 heterocycles. The van der Waals surface area contributed by atoms with Crippen LogP contribution < -0.4 is 5.73 Å². The first kappa shape index (κ1) is 11.6. The Balaban J connectivity index is 2.02. The molecule has 88 valence electrons. The molecule has 0 amide bonds. The van der Waals surface area contributed by atoms with Gasteiger partial charge in [0.25, 0.3) is 0 Å². The van der Waals surface area contributed by atoms with Crippen LogP contribution in [0, 0.1) is 0 Å². The van der Waals surface area contributed by atoms with Crippen molar-refractivity contribution in [3.63, 3.8) is 0 Å². The molecule has 0 bridgehead atoms. The number of sulfone groups is 1. The van der Waals surface area contributed by atoms with Crippen molar-refractivity contribution < 1.29 is 8.42 Å². The van der Waals surface area contributed by atoms with Gasteiger partial charge < -0.3 is 5.73 Å². The van der Waals surface area contributed by atoms with Gasteiger partial charge in [-0.1, -0.05) is 12.1 Å². The Labute approximate surface area is 96.6 Å². The van der Waals surface area contributed by atoms with Gasteiger partial charge in [0.05, 0.1) is 4.90 Å². The Hall–Kier alpha value is -0.870. The van der Waals surface area contributed by atoms with Gasteiger partial charge in [-0.05, 0) is 43.4 Å². The monoisotopic (exact) mass is 239 g/mol. The molecule has 0 aliphatic heterocycles. The van der Waals surface area contributed by atoms with E-state index in [1.807, 2.05) is 12.1 Å². The fourth-order valence-electron chi connectivity index (χ4n) is 1.71. The smallest absolute Gasteiger partial charge is 0.175 e. The average Bonchev–Trinajstić information content (AvgIpc) is 2.94. The van der Waals surface area contributed by atoms with Gasteiger partial charge in [0.2, 0.25) is 0 Å². The molecule has 1 fully saturated rings. The van der Waals surface area contributed by atoms with Crippen LogP contribution >= 0.6 is 0 Å². The molecule has 1 aromatic carbocycles. The maximum Gasteiger partial charge on any atom is 0.175 e. The van der Waals surface area contributed by atoms with Crippen molar-refractivity contribution in [3.8, 4) is 0 Å². The number of rotatable bonds is 4. The lowest BCUT2D eigenvalue weighted by atomic mass is 10.0. The van der Waals surface area contributed by atoms with E-state index in [9.17, 15) is 8.42 Å². The molecule has 0 radical (unpaired) electrons. The van der Waals surface area contributed by atoms with Crippen LogP contribution in [0.25, 0.3) is 0 Å². The second-order valence-corrected chi connectivity index (χ2v) is 6.79. The summed E-state index contributed by atoms with van der Waals surface area (Å²) in [7, 11) is -3.08. The molecule has 0 aromatic heterocycles. The zero-order valence-electron chi connectivity index (χ0n) is 9.44. The van der Waals surface area contributed by atoms with Crippen LogP contribution in [0.15, 0.2) is 29.2 Å². The summed E-state index contributed by atoms with van der Waals surface area (Å²) in [6, 6.07) is 7.09. The normalized spacial score (nSPS) is 18.4. The molecule has 4 heteroatoms. The molecule has 0 spiro atoms. The summed E-state index contributed by atoms with van der Waals surface area (Å²) in [5, 5.41) is 0. The maximum absolute atomic E-state index is 11.3. The minimum atomic E-state index is -3.08. The Bertz CT molecular complexity index is 472. The van der Waals surface area contributed by atoms with Crippen LogP contribution in [0.4, 0.5) is 0 Å². The highest BCUT2D eigenvalue weighted by Gasteiger charge is 2.37. The average molecular weight is 239 g/mol. The summed E-state index contributed by atoms with van der Waals surface area (Å²) >= 11 is 0. The van der Waals surface area contributed by atoms with E-state index in [-0.39, 0.29) is 5.54 Å². The van der Waals surface area contributed by atoms with E-state index >= 15 is 0 Å². The van der Waals surface area contributed by atoms with E-state index in [2.05, 4.69) is 0 Å². The van der Waals surface area contributed by atoms with Crippen molar-refractivity contribution in [2.45, 2.75) is 36.1 Å². The van der Waals surface area contributed by atoms with Crippen molar-refractivity contribution in [1.29, 1.82) is 0 Å². The van der Waals surface area contributed by atoms with Crippen molar-refractivity contribution in [3.05, 3.63) is 29.8 Å². The fourth-order valence-corrected chi connectivity index (χ4v) is 2.34. The third-order valence-corrected chi connectivity index (χ3v) is 4.28. The second kappa shape index (κ2) is 3.86. The minimum Gasteiger partial charge on any atom is -0.325 e. The number of hydrogen-bond donors (Lipinski definition) is 1. The van der Waals surface area contributed by atoms with Gasteiger partial charge in [-0.2, -0.15) is 0 Å². The van der Waals surface area contributed by atoms with Gasteiger partial charge >= 0.3 is 0 Å². The maximum atomic E-state index is 11.3. The Kier molecular flexibility index (Phi) is 2.80. The molecule has 2 N–H and O–H groups in total. The molecule has 1 aliphatic rings. The van der Waals surface area contributed by atoms with Crippen LogP contribution in [-0.4, -0.2) is 20.2 Å². The van der Waals surface area contributed by atoms with Gasteiger partial charge in [0, 0.05) is 11.8 Å². The summed E-state index contributed by atoms with van der Waals surface area (Å²) in [6.07, 6.45) is 5.38. The highest BCUT2D eigenvalue weighted by Crippen LogP contribution is 2.36. The molecule has 0 saturated heterocycles. The summed E-state index contributed by atoms with van der Waals surface area (Å²) in [5.41, 5.74) is 7.22. The highest BCUT2D eigenvalue weighted by atomic mass is 32.2. The third-order valence-electron chi connectivity index (χ3n) is 3.16. The SMILES string of the molecule is CS(=O)(=O)c1ccc(CCC2(N)CC2)cc1. The van der Waals surface area contributed by atoms with Gasteiger partial charge in [-0.15, -0.1) is 0 Å². The van der Waals surface area contributed by atoms with Gasteiger partial charge in [0.1, 0.15) is 0 Å². The van der Waals surface area contributed by atoms with Crippen molar-refractivity contribution in [1.82, 2.24) is 0 Å². The molecule has 3 nitrogen and oxygen atoms in total. The molecule has 0 unspecified atom stereocenters. The van der Waals surface area contributed by atoms with E-state index in [1.54, 1.807) is 12.1 Å². The molecule has 0 atom stereocenters. The number of aryl methyl sites for hydroxylation is 1. The van der Waals surface area contributed by atoms with Crippen molar-refractivity contribution in [2.24, 2.45) is 5.73 Å². The summed E-state index contributed by atoms with van der Waals surface area (Å²) in [4.78, 5) is 0.380. The lowest BCUT2D eigenvalue weighted by Crippen LogP contribution is -2.22. The zero-order valence-corrected chi connectivity index (χ0v) is 10.3. The fraction of sp³-hybridized carbons (Fsp3) is 0.500. The zero-order chi connectivity index (χ0) is 11.8. The van der Waals surface area contributed by atoms with Crippen LogP contribution in [-0.2, 0) is 16.3 Å². The van der Waals surface area contributed by atoms with Crippen molar-refractivity contribution >= 4 is 9.84 Å². The Morgan fingerprint density at radius 1 is 1.25 bits per heavy atom. The van der Waals surface area contributed by atoms with Gasteiger partial charge in [0.15, 0.2) is 9.84 Å². The number of nitrogens with two attached hydrogens (primary N) is 1. The first-order valence-corrected chi connectivity index (χ1v) is 7.36. The first-order chi connectivity index (χ1) is 7.39. The largest absolute Gasteiger partial charge is 0.325 e. The van der Waals surface area contributed by atoms with Gasteiger partial charge in [-0.25, -0.2) is 8.42 Å². The van der Waals surface area contributed by atoms with E-state index in [4.69, 9.17) is 5.73 Å². The highest BCUT2D eigenvalue weighted by molar-refractivity contribution is 7.90. The number of benzene rings is 1. The molecular formula is C12H17NO2S. The third kappa shape index (κ3) is 2.83. The van der Waals surface area contributed by atoms with Crippen LogP contribution in [0.5, 0.6) is 0 Å². The van der Waals surface area contributed by atoms with Crippen LogP contribution in [0.1, 0.15) is 24.8 Å². The molecule has 16 heavy (non-hydrogen) atoms. The Morgan fingerprint density at radius 2 is 1.81 bits per heavy atom. The minimum absolute atomic E-state index is 0.0650. The predicted molar refractivity (Wildman–Crippen MR) is 64.0 cm³/mol. The quantitative estimate of drug-likeness (QED) is 0.866. The summed E-state index contributed by atoms with van der Waals surface area (Å²) in [5.74, 6) is 0. The van der Waals surface area contributed by atoms with Gasteiger partial charge in [-0.3, -0.25) is 0 Å². The van der Waals surface area contributed by atoms with E-state index < -0.39 is 9.84 Å². The molecule has 1 saturated carbocycles. The molecule has 1 aliphatic carbocycles. The predicted octanol–water partition coefficient (Wildman–Crippen LogP) is 1.51. The van der Waals surface area contributed by atoms with Crippen LogP contribution in [0.3, 0.4) is 0 Å². The van der Waals surface area contributed by atoms with E-state index in [1.165, 1.54) is 6.26 Å². The summed E-state index contributed by atoms with van der Waals surface area (Å²) < 4.78 is 22.5. The lowest BCUT2D eigenvalue weighted by Gasteiger charge is -2.08. The standard InChI is InChI=1S/C12H17NO2S/c1-16(14,15)11-4-2-10(3-5-11)6-7-12(13)8-9-12/h2-5H,6-9,13H2,1H3. The van der Waals surface area contributed by atoms with E-state index in [0.29, 0.717) is 4.90 Å². The number of hydrogen-bond acceptors (Lipinski definition) is 3. The van der Waals surface area contributed by atoms with Crippen molar-refractivity contribution in [2.75, 3.05) is 6.26 Å². The summed E-state index contributed by atoms with van der Waals surface area (Å²) in [6.45, 7) is 0. The molecule has 1 aromatic rings. The lowest BCUT2D eigenvalue weighted by molar-refractivity contribution is 0.600.